The van der Waals surface area contributed by atoms with E-state index in [2.05, 4.69) is 16.6 Å². The quantitative estimate of drug-likeness (QED) is 0.739. The zero-order chi connectivity index (χ0) is 15.0. The minimum atomic E-state index is -3.57. The molecule has 0 bridgehead atoms. The van der Waals surface area contributed by atoms with Crippen LogP contribution >= 0.6 is 0 Å². The maximum Gasteiger partial charge on any atom is 0.241 e. The van der Waals surface area contributed by atoms with E-state index < -0.39 is 10.0 Å². The van der Waals surface area contributed by atoms with E-state index in [4.69, 9.17) is 5.11 Å². The number of likely N-dealkylation sites (N-methyl/N-ethyl adjacent to an activating group) is 1. The van der Waals surface area contributed by atoms with Crippen molar-refractivity contribution in [2.24, 2.45) is 0 Å². The average Bonchev–Trinajstić information content (AvgIpc) is 2.39. The van der Waals surface area contributed by atoms with Gasteiger partial charge < -0.3 is 10.0 Å². The lowest BCUT2D eigenvalue weighted by atomic mass is 10.2. The normalized spacial score (nSPS) is 11.2. The van der Waals surface area contributed by atoms with Crippen LogP contribution < -0.4 is 4.72 Å². The fourth-order valence-corrected chi connectivity index (χ4v) is 2.68. The van der Waals surface area contributed by atoms with E-state index in [9.17, 15) is 8.42 Å². The molecule has 0 spiro atoms. The van der Waals surface area contributed by atoms with Crippen LogP contribution in [0, 0.1) is 11.8 Å². The predicted octanol–water partition coefficient (Wildman–Crippen LogP) is 0.260. The van der Waals surface area contributed by atoms with Gasteiger partial charge in [-0.25, -0.2) is 13.1 Å². The number of hydrogen-bond acceptors (Lipinski definition) is 4. The number of nitrogens with zero attached hydrogens (tertiary/aromatic N) is 1. The molecule has 0 saturated heterocycles. The van der Waals surface area contributed by atoms with Crippen LogP contribution in [-0.2, 0) is 10.0 Å². The Kier molecular flexibility index (Phi) is 6.68. The molecular formula is C14H20N2O3S. The van der Waals surface area contributed by atoms with Crippen LogP contribution in [-0.4, -0.2) is 52.2 Å². The highest BCUT2D eigenvalue weighted by Crippen LogP contribution is 2.13. The highest BCUT2D eigenvalue weighted by Gasteiger charge is 2.16. The predicted molar refractivity (Wildman–Crippen MR) is 78.8 cm³/mol. The van der Waals surface area contributed by atoms with Gasteiger partial charge in [0, 0.05) is 25.1 Å². The third-order valence-corrected chi connectivity index (χ3v) is 4.01. The molecule has 2 N–H and O–H groups in total. The summed E-state index contributed by atoms with van der Waals surface area (Å²) in [5.74, 6) is 5.52. The molecule has 0 amide bonds. The van der Waals surface area contributed by atoms with Gasteiger partial charge in [-0.1, -0.05) is 24.0 Å². The maximum absolute atomic E-state index is 12.2. The van der Waals surface area contributed by atoms with Gasteiger partial charge in [-0.05, 0) is 26.2 Å². The Morgan fingerprint density at radius 3 is 2.65 bits per heavy atom. The molecule has 110 valence electrons. The molecule has 6 heteroatoms. The van der Waals surface area contributed by atoms with Gasteiger partial charge in [0.2, 0.25) is 10.0 Å². The van der Waals surface area contributed by atoms with E-state index >= 15 is 0 Å². The molecule has 0 aromatic heterocycles. The van der Waals surface area contributed by atoms with E-state index in [0.717, 1.165) is 0 Å². The molecule has 1 rings (SSSR count). The second-order valence-corrected chi connectivity index (χ2v) is 6.21. The number of hydrogen-bond donors (Lipinski definition) is 2. The molecule has 0 saturated carbocycles. The zero-order valence-electron chi connectivity index (χ0n) is 11.8. The third-order valence-electron chi connectivity index (χ3n) is 2.49. The largest absolute Gasteiger partial charge is 0.395 e. The lowest BCUT2D eigenvalue weighted by molar-refractivity contribution is 0.305. The molecule has 0 atom stereocenters. The number of nitrogens with one attached hydrogen (secondary N) is 1. The lowest BCUT2D eigenvalue weighted by Crippen LogP contribution is -2.31. The number of aliphatic hydroxyl groups is 1. The Hall–Kier alpha value is -1.39. The molecule has 20 heavy (non-hydrogen) atoms. The van der Waals surface area contributed by atoms with Crippen LogP contribution in [0.15, 0.2) is 29.2 Å². The van der Waals surface area contributed by atoms with Crippen LogP contribution in [0.3, 0.4) is 0 Å². The third kappa shape index (κ3) is 5.31. The molecule has 0 aliphatic carbocycles. The van der Waals surface area contributed by atoms with E-state index in [1.54, 1.807) is 18.2 Å². The fraction of sp³-hybridized carbons (Fsp3) is 0.429. The summed E-state index contributed by atoms with van der Waals surface area (Å²) < 4.78 is 27.0. The standard InChI is InChI=1S/C14H20N2O3S/c1-16(2)11-10-15-20(18,19)14-9-4-3-7-13(14)8-5-6-12-17/h3-4,7,9,15,17H,6,10-12H2,1-2H3. The Morgan fingerprint density at radius 2 is 2.00 bits per heavy atom. The van der Waals surface area contributed by atoms with Gasteiger partial charge in [-0.2, -0.15) is 0 Å². The maximum atomic E-state index is 12.2. The van der Waals surface area contributed by atoms with E-state index in [0.29, 0.717) is 25.1 Å². The molecule has 0 heterocycles. The summed E-state index contributed by atoms with van der Waals surface area (Å²) >= 11 is 0. The van der Waals surface area contributed by atoms with Gasteiger partial charge >= 0.3 is 0 Å². The van der Waals surface area contributed by atoms with Gasteiger partial charge in [-0.3, -0.25) is 0 Å². The Labute approximate surface area is 120 Å². The summed E-state index contributed by atoms with van der Waals surface area (Å²) in [6.45, 7) is 0.925. The first-order valence-corrected chi connectivity index (χ1v) is 7.79. The van der Waals surface area contributed by atoms with Crippen molar-refractivity contribution in [2.45, 2.75) is 11.3 Å². The molecule has 0 unspecified atom stereocenters. The highest BCUT2D eigenvalue weighted by atomic mass is 32.2. The smallest absolute Gasteiger partial charge is 0.241 e. The average molecular weight is 296 g/mol. The summed E-state index contributed by atoms with van der Waals surface area (Å²) in [5, 5.41) is 8.70. The van der Waals surface area contributed by atoms with Crippen LogP contribution in [0.25, 0.3) is 0 Å². The minimum Gasteiger partial charge on any atom is -0.395 e. The number of rotatable bonds is 6. The summed E-state index contributed by atoms with van der Waals surface area (Å²) in [4.78, 5) is 2.07. The SMILES string of the molecule is CN(C)CCNS(=O)(=O)c1ccccc1C#CCCO. The molecule has 5 nitrogen and oxygen atoms in total. The van der Waals surface area contributed by atoms with Crippen molar-refractivity contribution in [3.8, 4) is 11.8 Å². The van der Waals surface area contributed by atoms with Crippen molar-refractivity contribution in [3.63, 3.8) is 0 Å². The molecule has 1 aromatic carbocycles. The van der Waals surface area contributed by atoms with Gasteiger partial charge in [-0.15, -0.1) is 0 Å². The van der Waals surface area contributed by atoms with Crippen LogP contribution in [0.5, 0.6) is 0 Å². The van der Waals surface area contributed by atoms with Crippen molar-refractivity contribution < 1.29 is 13.5 Å². The molecule has 0 aliphatic heterocycles. The molecular weight excluding hydrogens is 276 g/mol. The second kappa shape index (κ2) is 8.02. The van der Waals surface area contributed by atoms with E-state index in [1.807, 2.05) is 19.0 Å². The summed E-state index contributed by atoms with van der Waals surface area (Å²) in [7, 11) is 0.190. The molecule has 0 radical (unpaired) electrons. The van der Waals surface area contributed by atoms with Crippen LogP contribution in [0.1, 0.15) is 12.0 Å². The number of aliphatic hydroxyl groups excluding tert-OH is 1. The van der Waals surface area contributed by atoms with Gasteiger partial charge in [0.1, 0.15) is 0 Å². The number of sulfonamides is 1. The Bertz CT molecular complexity index is 586. The molecule has 0 aliphatic rings. The van der Waals surface area contributed by atoms with Crippen molar-refractivity contribution in [3.05, 3.63) is 29.8 Å². The first-order chi connectivity index (χ1) is 9.47. The summed E-state index contributed by atoms with van der Waals surface area (Å²) in [5.41, 5.74) is 0.443. The summed E-state index contributed by atoms with van der Waals surface area (Å²) in [6.07, 6.45) is 0.322. The van der Waals surface area contributed by atoms with Crippen LogP contribution in [0.4, 0.5) is 0 Å². The lowest BCUT2D eigenvalue weighted by Gasteiger charge is -2.11. The van der Waals surface area contributed by atoms with Gasteiger partial charge in [0.15, 0.2) is 0 Å². The fourth-order valence-electron chi connectivity index (χ4n) is 1.50. The van der Waals surface area contributed by atoms with Gasteiger partial charge in [0.25, 0.3) is 0 Å². The van der Waals surface area contributed by atoms with E-state index in [-0.39, 0.29) is 11.5 Å². The first kappa shape index (κ1) is 16.7. The topological polar surface area (TPSA) is 69.6 Å². The first-order valence-electron chi connectivity index (χ1n) is 6.30. The summed E-state index contributed by atoms with van der Waals surface area (Å²) in [6, 6.07) is 6.59. The minimum absolute atomic E-state index is 0.0387. The second-order valence-electron chi connectivity index (χ2n) is 4.47. The zero-order valence-corrected chi connectivity index (χ0v) is 12.6. The van der Waals surface area contributed by atoms with E-state index in [1.165, 1.54) is 6.07 Å². The Morgan fingerprint density at radius 1 is 1.30 bits per heavy atom. The molecule has 0 fully saturated rings. The number of benzene rings is 1. The van der Waals surface area contributed by atoms with Crippen molar-refractivity contribution in [2.75, 3.05) is 33.8 Å². The van der Waals surface area contributed by atoms with Crippen molar-refractivity contribution >= 4 is 10.0 Å². The highest BCUT2D eigenvalue weighted by molar-refractivity contribution is 7.89. The van der Waals surface area contributed by atoms with Crippen molar-refractivity contribution in [1.82, 2.24) is 9.62 Å². The monoisotopic (exact) mass is 296 g/mol. The molecule has 1 aromatic rings. The van der Waals surface area contributed by atoms with Crippen LogP contribution in [0.2, 0.25) is 0 Å². The van der Waals surface area contributed by atoms with Gasteiger partial charge in [0.05, 0.1) is 11.5 Å². The van der Waals surface area contributed by atoms with Crippen molar-refractivity contribution in [1.29, 1.82) is 0 Å². The Balaban J connectivity index is 2.92.